The van der Waals surface area contributed by atoms with E-state index in [4.69, 9.17) is 0 Å². The Morgan fingerprint density at radius 2 is 2.50 bits per heavy atom. The molecule has 14 heavy (non-hydrogen) atoms. The Balaban J connectivity index is 1.66. The van der Waals surface area contributed by atoms with Crippen molar-refractivity contribution in [2.75, 3.05) is 6.54 Å². The third-order valence-corrected chi connectivity index (χ3v) is 2.47. The molecular weight excluding hydrogens is 178 g/mol. The van der Waals surface area contributed by atoms with Gasteiger partial charge in [-0.15, -0.1) is 0 Å². The standard InChI is InChI=1S/C10H15N3O/c14-10-2-1-9(13-10)7-12-6-8-3-4-11-5-8/h3-5,9,11-12H,1-2,6-7H2,(H,13,14). The predicted octanol–water partition coefficient (Wildman–Crippen LogP) is 0.383. The maximum Gasteiger partial charge on any atom is 0.220 e. The molecule has 1 aromatic rings. The van der Waals surface area contributed by atoms with Crippen LogP contribution >= 0.6 is 0 Å². The lowest BCUT2D eigenvalue weighted by molar-refractivity contribution is -0.119. The molecule has 4 nitrogen and oxygen atoms in total. The van der Waals surface area contributed by atoms with E-state index in [2.05, 4.69) is 15.6 Å². The molecule has 4 heteroatoms. The first-order valence-electron chi connectivity index (χ1n) is 4.96. The van der Waals surface area contributed by atoms with Crippen molar-refractivity contribution in [1.29, 1.82) is 0 Å². The highest BCUT2D eigenvalue weighted by Gasteiger charge is 2.19. The van der Waals surface area contributed by atoms with Crippen molar-refractivity contribution in [3.05, 3.63) is 24.0 Å². The maximum atomic E-state index is 10.9. The lowest BCUT2D eigenvalue weighted by Crippen LogP contribution is -2.35. The molecule has 0 aliphatic carbocycles. The van der Waals surface area contributed by atoms with Crippen LogP contribution in [-0.2, 0) is 11.3 Å². The number of hydrogen-bond acceptors (Lipinski definition) is 2. The molecule has 1 atom stereocenters. The van der Waals surface area contributed by atoms with E-state index >= 15 is 0 Å². The number of amides is 1. The lowest BCUT2D eigenvalue weighted by Gasteiger charge is -2.10. The minimum atomic E-state index is 0.179. The summed E-state index contributed by atoms with van der Waals surface area (Å²) >= 11 is 0. The second kappa shape index (κ2) is 4.28. The van der Waals surface area contributed by atoms with Crippen molar-refractivity contribution >= 4 is 5.91 Å². The zero-order chi connectivity index (χ0) is 9.80. The second-order valence-corrected chi connectivity index (χ2v) is 3.65. The Morgan fingerprint density at radius 1 is 1.57 bits per heavy atom. The van der Waals surface area contributed by atoms with Gasteiger partial charge in [-0.1, -0.05) is 0 Å². The van der Waals surface area contributed by atoms with Crippen molar-refractivity contribution in [2.45, 2.75) is 25.4 Å². The number of carbonyl (C=O) groups is 1. The third-order valence-electron chi connectivity index (χ3n) is 2.47. The number of rotatable bonds is 4. The van der Waals surface area contributed by atoms with Gasteiger partial charge in [0, 0.05) is 37.9 Å². The van der Waals surface area contributed by atoms with E-state index in [1.165, 1.54) is 5.56 Å². The summed E-state index contributed by atoms with van der Waals surface area (Å²) in [7, 11) is 0. The van der Waals surface area contributed by atoms with Crippen LogP contribution in [0.3, 0.4) is 0 Å². The maximum absolute atomic E-state index is 10.9. The van der Waals surface area contributed by atoms with Gasteiger partial charge >= 0.3 is 0 Å². The fourth-order valence-electron chi connectivity index (χ4n) is 1.69. The molecule has 1 aliphatic rings. The topological polar surface area (TPSA) is 56.9 Å². The van der Waals surface area contributed by atoms with Gasteiger partial charge in [-0.05, 0) is 18.1 Å². The largest absolute Gasteiger partial charge is 0.367 e. The first kappa shape index (κ1) is 9.27. The van der Waals surface area contributed by atoms with Gasteiger partial charge in [0.1, 0.15) is 0 Å². The minimum absolute atomic E-state index is 0.179. The molecule has 0 radical (unpaired) electrons. The summed E-state index contributed by atoms with van der Waals surface area (Å²) < 4.78 is 0. The molecule has 0 aromatic carbocycles. The quantitative estimate of drug-likeness (QED) is 0.647. The molecular formula is C10H15N3O. The molecule has 1 saturated heterocycles. The van der Waals surface area contributed by atoms with E-state index in [-0.39, 0.29) is 5.91 Å². The molecule has 0 bridgehead atoms. The average molecular weight is 193 g/mol. The summed E-state index contributed by atoms with van der Waals surface area (Å²) in [6.45, 7) is 1.72. The second-order valence-electron chi connectivity index (χ2n) is 3.65. The fraction of sp³-hybridized carbons (Fsp3) is 0.500. The SMILES string of the molecule is O=C1CCC(CNCc2cc[nH]c2)N1. The molecule has 3 N–H and O–H groups in total. The van der Waals surface area contributed by atoms with E-state index in [1.807, 2.05) is 18.5 Å². The van der Waals surface area contributed by atoms with Gasteiger partial charge in [0.15, 0.2) is 0 Å². The number of aromatic nitrogens is 1. The Bertz CT molecular complexity index is 294. The Hall–Kier alpha value is -1.29. The average Bonchev–Trinajstić information content (AvgIpc) is 2.77. The minimum Gasteiger partial charge on any atom is -0.367 e. The first-order valence-corrected chi connectivity index (χ1v) is 4.96. The molecule has 0 saturated carbocycles. The Morgan fingerprint density at radius 3 is 3.14 bits per heavy atom. The zero-order valence-corrected chi connectivity index (χ0v) is 8.05. The molecule has 76 valence electrons. The van der Waals surface area contributed by atoms with Crippen molar-refractivity contribution in [3.8, 4) is 0 Å². The van der Waals surface area contributed by atoms with Crippen LogP contribution in [0, 0.1) is 0 Å². The summed E-state index contributed by atoms with van der Waals surface area (Å²) in [4.78, 5) is 13.9. The third kappa shape index (κ3) is 2.35. The van der Waals surface area contributed by atoms with E-state index in [0.29, 0.717) is 12.5 Å². The molecule has 1 fully saturated rings. The normalized spacial score (nSPS) is 21.1. The van der Waals surface area contributed by atoms with Crippen LogP contribution in [0.15, 0.2) is 18.5 Å². The summed E-state index contributed by atoms with van der Waals surface area (Å²) in [5.41, 5.74) is 1.24. The monoisotopic (exact) mass is 193 g/mol. The van der Waals surface area contributed by atoms with Crippen molar-refractivity contribution < 1.29 is 4.79 Å². The van der Waals surface area contributed by atoms with Gasteiger partial charge < -0.3 is 15.6 Å². The highest BCUT2D eigenvalue weighted by Crippen LogP contribution is 2.05. The first-order chi connectivity index (χ1) is 6.84. The zero-order valence-electron chi connectivity index (χ0n) is 8.05. The van der Waals surface area contributed by atoms with Crippen molar-refractivity contribution in [2.24, 2.45) is 0 Å². The molecule has 2 rings (SSSR count). The van der Waals surface area contributed by atoms with Crippen LogP contribution in [0.2, 0.25) is 0 Å². The molecule has 1 aromatic heterocycles. The summed E-state index contributed by atoms with van der Waals surface area (Å²) in [5.74, 6) is 0.179. The molecule has 1 aliphatic heterocycles. The predicted molar refractivity (Wildman–Crippen MR) is 53.7 cm³/mol. The molecule has 1 unspecified atom stereocenters. The van der Waals surface area contributed by atoms with Crippen LogP contribution in [0.4, 0.5) is 0 Å². The molecule has 0 spiro atoms. The van der Waals surface area contributed by atoms with Gasteiger partial charge in [0.25, 0.3) is 0 Å². The highest BCUT2D eigenvalue weighted by molar-refractivity contribution is 5.78. The smallest absolute Gasteiger partial charge is 0.220 e. The number of hydrogen-bond donors (Lipinski definition) is 3. The van der Waals surface area contributed by atoms with E-state index in [9.17, 15) is 4.79 Å². The van der Waals surface area contributed by atoms with E-state index in [1.54, 1.807) is 0 Å². The number of H-pyrrole nitrogens is 1. The number of aromatic amines is 1. The Labute approximate surface area is 83.1 Å². The van der Waals surface area contributed by atoms with Crippen molar-refractivity contribution in [3.63, 3.8) is 0 Å². The van der Waals surface area contributed by atoms with Crippen molar-refractivity contribution in [1.82, 2.24) is 15.6 Å². The fourth-order valence-corrected chi connectivity index (χ4v) is 1.69. The van der Waals surface area contributed by atoms with Crippen LogP contribution < -0.4 is 10.6 Å². The van der Waals surface area contributed by atoms with Gasteiger partial charge in [0.05, 0.1) is 0 Å². The van der Waals surface area contributed by atoms with Crippen LogP contribution in [0.1, 0.15) is 18.4 Å². The van der Waals surface area contributed by atoms with E-state index in [0.717, 1.165) is 19.5 Å². The number of nitrogens with one attached hydrogen (secondary N) is 3. The van der Waals surface area contributed by atoms with Gasteiger partial charge in [-0.25, -0.2) is 0 Å². The molecule has 2 heterocycles. The Kier molecular flexibility index (Phi) is 2.84. The van der Waals surface area contributed by atoms with Crippen LogP contribution in [0.25, 0.3) is 0 Å². The van der Waals surface area contributed by atoms with Gasteiger partial charge in [-0.3, -0.25) is 4.79 Å². The van der Waals surface area contributed by atoms with E-state index < -0.39 is 0 Å². The van der Waals surface area contributed by atoms with Gasteiger partial charge in [0.2, 0.25) is 5.91 Å². The lowest BCUT2D eigenvalue weighted by atomic mass is 10.2. The summed E-state index contributed by atoms with van der Waals surface area (Å²) in [5, 5.41) is 6.24. The van der Waals surface area contributed by atoms with Crippen LogP contribution in [-0.4, -0.2) is 23.5 Å². The van der Waals surface area contributed by atoms with Gasteiger partial charge in [-0.2, -0.15) is 0 Å². The number of carbonyl (C=O) groups excluding carboxylic acids is 1. The van der Waals surface area contributed by atoms with Crippen LogP contribution in [0.5, 0.6) is 0 Å². The summed E-state index contributed by atoms with van der Waals surface area (Å²) in [6.07, 6.45) is 5.52. The highest BCUT2D eigenvalue weighted by atomic mass is 16.1. The molecule has 1 amide bonds. The summed E-state index contributed by atoms with van der Waals surface area (Å²) in [6, 6.07) is 2.36.